The van der Waals surface area contributed by atoms with Crippen LogP contribution in [0.1, 0.15) is 26.3 Å². The number of anilines is 1. The SMILES string of the molecule is CCN(CC)C(=O)C(C)SC1=N/C(=C\c2ccccc2)C(=O)N1c1ccc(F)cc1. The number of nitrogens with zero attached hydrogens (tertiary/aromatic N) is 3. The summed E-state index contributed by atoms with van der Waals surface area (Å²) < 4.78 is 13.4. The number of aliphatic imine (C=N–C) groups is 1. The van der Waals surface area contributed by atoms with Crippen LogP contribution in [-0.2, 0) is 9.59 Å². The highest BCUT2D eigenvalue weighted by atomic mass is 32.2. The van der Waals surface area contributed by atoms with Gasteiger partial charge in [0.25, 0.3) is 5.91 Å². The second kappa shape index (κ2) is 9.71. The molecule has 0 saturated heterocycles. The molecule has 0 spiro atoms. The lowest BCUT2D eigenvalue weighted by Gasteiger charge is -2.24. The van der Waals surface area contributed by atoms with E-state index in [0.29, 0.717) is 23.9 Å². The van der Waals surface area contributed by atoms with Crippen LogP contribution in [0.5, 0.6) is 0 Å². The van der Waals surface area contributed by atoms with Crippen LogP contribution < -0.4 is 4.90 Å². The summed E-state index contributed by atoms with van der Waals surface area (Å²) in [5, 5.41) is -0.0164. The molecule has 1 aliphatic heterocycles. The average molecular weight is 426 g/mol. The lowest BCUT2D eigenvalue weighted by Crippen LogP contribution is -2.38. The summed E-state index contributed by atoms with van der Waals surface area (Å²) in [4.78, 5) is 33.6. The topological polar surface area (TPSA) is 53.0 Å². The van der Waals surface area contributed by atoms with Crippen LogP contribution in [0.4, 0.5) is 10.1 Å². The average Bonchev–Trinajstić information content (AvgIpc) is 3.05. The normalized spacial score (nSPS) is 16.0. The van der Waals surface area contributed by atoms with Crippen molar-refractivity contribution < 1.29 is 14.0 Å². The Labute approximate surface area is 180 Å². The van der Waals surface area contributed by atoms with Gasteiger partial charge < -0.3 is 4.90 Å². The predicted molar refractivity (Wildman–Crippen MR) is 121 cm³/mol. The van der Waals surface area contributed by atoms with Crippen LogP contribution >= 0.6 is 11.8 Å². The Bertz CT molecular complexity index is 970. The fourth-order valence-corrected chi connectivity index (χ4v) is 4.11. The van der Waals surface area contributed by atoms with Gasteiger partial charge in [-0.15, -0.1) is 0 Å². The third-order valence-corrected chi connectivity index (χ3v) is 5.76. The van der Waals surface area contributed by atoms with Crippen molar-refractivity contribution in [2.45, 2.75) is 26.0 Å². The van der Waals surface area contributed by atoms with Gasteiger partial charge in [-0.05, 0) is 56.7 Å². The third-order valence-electron chi connectivity index (χ3n) is 4.72. The Morgan fingerprint density at radius 2 is 1.77 bits per heavy atom. The summed E-state index contributed by atoms with van der Waals surface area (Å²) >= 11 is 1.23. The molecule has 0 aromatic heterocycles. The number of carbonyl (C=O) groups is 2. The molecule has 2 aromatic rings. The maximum atomic E-state index is 13.4. The Morgan fingerprint density at radius 1 is 1.13 bits per heavy atom. The van der Waals surface area contributed by atoms with E-state index in [1.54, 1.807) is 17.9 Å². The van der Waals surface area contributed by atoms with Crippen LogP contribution in [0.25, 0.3) is 6.08 Å². The van der Waals surface area contributed by atoms with E-state index in [4.69, 9.17) is 0 Å². The molecular weight excluding hydrogens is 401 g/mol. The Balaban J connectivity index is 1.95. The Kier molecular flexibility index (Phi) is 7.05. The molecule has 1 aliphatic rings. The van der Waals surface area contributed by atoms with Gasteiger partial charge in [0.15, 0.2) is 5.17 Å². The summed E-state index contributed by atoms with van der Waals surface area (Å²) in [6, 6.07) is 15.1. The van der Waals surface area contributed by atoms with Gasteiger partial charge in [-0.1, -0.05) is 42.1 Å². The van der Waals surface area contributed by atoms with E-state index >= 15 is 0 Å². The molecule has 7 heteroatoms. The van der Waals surface area contributed by atoms with Crippen molar-refractivity contribution in [1.82, 2.24) is 4.90 Å². The number of hydrogen-bond donors (Lipinski definition) is 0. The first-order valence-electron chi connectivity index (χ1n) is 9.85. The summed E-state index contributed by atoms with van der Waals surface area (Å²) in [5.74, 6) is -0.711. The van der Waals surface area contributed by atoms with Crippen molar-refractivity contribution in [2.24, 2.45) is 4.99 Å². The summed E-state index contributed by atoms with van der Waals surface area (Å²) in [5.41, 5.74) is 1.63. The maximum Gasteiger partial charge on any atom is 0.283 e. The summed E-state index contributed by atoms with van der Waals surface area (Å²) in [6.45, 7) is 6.90. The number of halogens is 1. The molecule has 2 aromatic carbocycles. The first-order valence-corrected chi connectivity index (χ1v) is 10.7. The quantitative estimate of drug-likeness (QED) is 0.638. The molecule has 1 heterocycles. The van der Waals surface area contributed by atoms with Crippen LogP contribution in [-0.4, -0.2) is 40.2 Å². The largest absolute Gasteiger partial charge is 0.342 e. The minimum atomic E-state index is -0.421. The van der Waals surface area contributed by atoms with Crippen molar-refractivity contribution >= 4 is 40.5 Å². The van der Waals surface area contributed by atoms with E-state index in [1.807, 2.05) is 44.2 Å². The highest BCUT2D eigenvalue weighted by Crippen LogP contribution is 2.31. The molecule has 0 radical (unpaired) electrons. The molecular formula is C23H24FN3O2S. The molecule has 1 atom stereocenters. The van der Waals surface area contributed by atoms with Crippen molar-refractivity contribution in [3.8, 4) is 0 Å². The van der Waals surface area contributed by atoms with E-state index in [2.05, 4.69) is 4.99 Å². The molecule has 0 N–H and O–H groups in total. The van der Waals surface area contributed by atoms with E-state index in [1.165, 1.54) is 40.9 Å². The van der Waals surface area contributed by atoms with Gasteiger partial charge in [0, 0.05) is 13.1 Å². The number of benzene rings is 2. The lowest BCUT2D eigenvalue weighted by atomic mass is 10.2. The fraction of sp³-hybridized carbons (Fsp3) is 0.261. The number of amides is 2. The second-order valence-electron chi connectivity index (χ2n) is 6.72. The molecule has 5 nitrogen and oxygen atoms in total. The Morgan fingerprint density at radius 3 is 2.37 bits per heavy atom. The monoisotopic (exact) mass is 425 g/mol. The first kappa shape index (κ1) is 21.8. The smallest absolute Gasteiger partial charge is 0.283 e. The third kappa shape index (κ3) is 4.79. The molecule has 0 aliphatic carbocycles. The number of amidine groups is 1. The molecule has 30 heavy (non-hydrogen) atoms. The molecule has 0 fully saturated rings. The molecule has 156 valence electrons. The van der Waals surface area contributed by atoms with E-state index in [0.717, 1.165) is 5.56 Å². The van der Waals surface area contributed by atoms with Gasteiger partial charge >= 0.3 is 0 Å². The molecule has 2 amide bonds. The van der Waals surface area contributed by atoms with E-state index < -0.39 is 5.25 Å². The minimum Gasteiger partial charge on any atom is -0.342 e. The van der Waals surface area contributed by atoms with Crippen molar-refractivity contribution in [3.05, 3.63) is 71.7 Å². The Hall–Kier alpha value is -2.93. The standard InChI is InChI=1S/C23H24FN3O2S/c1-4-26(5-2)21(28)16(3)30-23-25-20(15-17-9-7-6-8-10-17)22(29)27(23)19-13-11-18(24)12-14-19/h6-16H,4-5H2,1-3H3/b20-15-. The maximum absolute atomic E-state index is 13.4. The van der Waals surface area contributed by atoms with E-state index in [9.17, 15) is 14.0 Å². The van der Waals surface area contributed by atoms with E-state index in [-0.39, 0.29) is 23.3 Å². The van der Waals surface area contributed by atoms with Gasteiger partial charge in [-0.2, -0.15) is 0 Å². The number of carbonyl (C=O) groups excluding carboxylic acids is 2. The highest BCUT2D eigenvalue weighted by molar-refractivity contribution is 8.15. The minimum absolute atomic E-state index is 0.0142. The van der Waals surface area contributed by atoms with Crippen LogP contribution in [0, 0.1) is 5.82 Å². The second-order valence-corrected chi connectivity index (χ2v) is 8.03. The zero-order valence-electron chi connectivity index (χ0n) is 17.2. The van der Waals surface area contributed by atoms with Gasteiger partial charge in [-0.3, -0.25) is 14.5 Å². The van der Waals surface area contributed by atoms with Gasteiger partial charge in [0.05, 0.1) is 10.9 Å². The first-order chi connectivity index (χ1) is 14.4. The van der Waals surface area contributed by atoms with Gasteiger partial charge in [0.1, 0.15) is 11.5 Å². The van der Waals surface area contributed by atoms with Crippen molar-refractivity contribution in [3.63, 3.8) is 0 Å². The fourth-order valence-electron chi connectivity index (χ4n) is 3.10. The zero-order valence-corrected chi connectivity index (χ0v) is 18.0. The highest BCUT2D eigenvalue weighted by Gasteiger charge is 2.34. The molecule has 3 rings (SSSR count). The lowest BCUT2D eigenvalue weighted by molar-refractivity contribution is -0.129. The van der Waals surface area contributed by atoms with Crippen molar-refractivity contribution in [1.29, 1.82) is 0 Å². The molecule has 1 unspecified atom stereocenters. The van der Waals surface area contributed by atoms with Gasteiger partial charge in [0.2, 0.25) is 5.91 Å². The number of hydrogen-bond acceptors (Lipinski definition) is 4. The summed E-state index contributed by atoms with van der Waals surface area (Å²) in [7, 11) is 0. The predicted octanol–water partition coefficient (Wildman–Crippen LogP) is 4.56. The zero-order chi connectivity index (χ0) is 21.7. The molecule has 0 bridgehead atoms. The number of thioether (sulfide) groups is 1. The molecule has 0 saturated carbocycles. The van der Waals surface area contributed by atoms with Crippen LogP contribution in [0.2, 0.25) is 0 Å². The van der Waals surface area contributed by atoms with Crippen LogP contribution in [0.15, 0.2) is 65.3 Å². The van der Waals surface area contributed by atoms with Crippen LogP contribution in [0.3, 0.4) is 0 Å². The van der Waals surface area contributed by atoms with Gasteiger partial charge in [-0.25, -0.2) is 9.38 Å². The number of rotatable bonds is 6. The summed E-state index contributed by atoms with van der Waals surface area (Å²) in [6.07, 6.45) is 1.71. The van der Waals surface area contributed by atoms with Crippen molar-refractivity contribution in [2.75, 3.05) is 18.0 Å².